The topological polar surface area (TPSA) is 3.24 Å². The minimum atomic E-state index is 0. The quantitative estimate of drug-likeness (QED) is 0.462. The molecule has 0 aliphatic rings. The molecule has 2 nitrogen and oxygen atoms in total. The molecular formula is C10H29ClN2. The average Bonchev–Trinajstić information content (AvgIpc) is 1.56. The Morgan fingerprint density at radius 3 is 0.846 bits per heavy atom. The molecule has 0 aliphatic heterocycles. The zero-order chi connectivity index (χ0) is 10.8. The van der Waals surface area contributed by atoms with Gasteiger partial charge >= 0.3 is 0 Å². The van der Waals surface area contributed by atoms with Gasteiger partial charge in [-0.15, -0.1) is 0 Å². The van der Waals surface area contributed by atoms with Crippen molar-refractivity contribution in [2.24, 2.45) is 0 Å². The van der Waals surface area contributed by atoms with E-state index in [-0.39, 0.29) is 12.4 Å². The van der Waals surface area contributed by atoms with E-state index >= 15 is 0 Å². The van der Waals surface area contributed by atoms with E-state index < -0.39 is 0 Å². The number of hydrogen-bond acceptors (Lipinski definition) is 1. The van der Waals surface area contributed by atoms with Gasteiger partial charge in [-0.3, -0.25) is 0 Å². The summed E-state index contributed by atoms with van der Waals surface area (Å²) in [5.74, 6) is 0. The average molecular weight is 213 g/mol. The lowest BCUT2D eigenvalue weighted by Crippen LogP contribution is -3.00. The fraction of sp³-hybridized carbons (Fsp3) is 1.00. The molecule has 0 saturated heterocycles. The third kappa shape index (κ3) is 28900. The van der Waals surface area contributed by atoms with Crippen molar-refractivity contribution in [3.63, 3.8) is 0 Å². The van der Waals surface area contributed by atoms with Crippen LogP contribution in [0.25, 0.3) is 0 Å². The minimum absolute atomic E-state index is 0. The first-order chi connectivity index (χ1) is 5.15. The van der Waals surface area contributed by atoms with Crippen LogP contribution in [0.15, 0.2) is 0 Å². The molecular weight excluding hydrogens is 184 g/mol. The van der Waals surface area contributed by atoms with E-state index in [9.17, 15) is 0 Å². The molecule has 0 rings (SSSR count). The van der Waals surface area contributed by atoms with E-state index in [1.54, 1.807) is 0 Å². The zero-order valence-electron chi connectivity index (χ0n) is 11.0. The summed E-state index contributed by atoms with van der Waals surface area (Å²) in [6.45, 7) is 4.25. The summed E-state index contributed by atoms with van der Waals surface area (Å²) in [7, 11) is 14.5. The Labute approximate surface area is 91.9 Å². The largest absolute Gasteiger partial charge is 1.00 e. The fourth-order valence-electron chi connectivity index (χ4n) is 0. The lowest BCUT2D eigenvalue weighted by Gasteiger charge is -2.14. The third-order valence-corrected chi connectivity index (χ3v) is 0. The third-order valence-electron chi connectivity index (χ3n) is 0. The lowest BCUT2D eigenvalue weighted by atomic mass is 10.6. The highest BCUT2D eigenvalue weighted by molar-refractivity contribution is 4.09. The van der Waals surface area contributed by atoms with Gasteiger partial charge in [-0.2, -0.15) is 0 Å². The van der Waals surface area contributed by atoms with E-state index in [1.807, 2.05) is 26.0 Å². The van der Waals surface area contributed by atoms with Gasteiger partial charge in [0.15, 0.2) is 0 Å². The monoisotopic (exact) mass is 212 g/mol. The summed E-state index contributed by atoms with van der Waals surface area (Å²) in [5, 5.41) is 0. The first-order valence-electron chi connectivity index (χ1n) is 4.54. The van der Waals surface area contributed by atoms with E-state index in [2.05, 4.69) is 42.0 Å². The van der Waals surface area contributed by atoms with Crippen LogP contribution in [0.1, 0.15) is 20.3 Å². The van der Waals surface area contributed by atoms with Gasteiger partial charge in [0.2, 0.25) is 0 Å². The second-order valence-corrected chi connectivity index (χ2v) is 4.73. The van der Waals surface area contributed by atoms with Crippen molar-refractivity contribution in [1.29, 1.82) is 0 Å². The Hall–Kier alpha value is 0.210. The molecule has 0 saturated carbocycles. The molecule has 0 spiro atoms. The molecule has 0 radical (unpaired) electrons. The molecule has 3 heteroatoms. The van der Waals surface area contributed by atoms with Gasteiger partial charge in [-0.1, -0.05) is 20.3 Å². The van der Waals surface area contributed by atoms with Crippen LogP contribution < -0.4 is 12.4 Å². The van der Waals surface area contributed by atoms with Crippen molar-refractivity contribution in [3.8, 4) is 0 Å². The molecule has 0 heterocycles. The van der Waals surface area contributed by atoms with Gasteiger partial charge < -0.3 is 21.8 Å². The van der Waals surface area contributed by atoms with Crippen molar-refractivity contribution in [1.82, 2.24) is 4.90 Å². The molecule has 86 valence electrons. The van der Waals surface area contributed by atoms with Crippen molar-refractivity contribution in [2.75, 3.05) is 49.3 Å². The molecule has 0 aromatic carbocycles. The molecule has 0 fully saturated rings. The van der Waals surface area contributed by atoms with Crippen LogP contribution in [0.2, 0.25) is 0 Å². The van der Waals surface area contributed by atoms with Crippen LogP contribution in [0.4, 0.5) is 0 Å². The Balaban J connectivity index is -0.0000000465. The van der Waals surface area contributed by atoms with Crippen LogP contribution in [0.5, 0.6) is 0 Å². The maximum absolute atomic E-state index is 2.12. The molecule has 0 aromatic heterocycles. The minimum Gasteiger partial charge on any atom is -1.00 e. The second kappa shape index (κ2) is 14.7. The molecule has 0 aliphatic carbocycles. The van der Waals surface area contributed by atoms with Crippen LogP contribution in [-0.4, -0.2) is 58.7 Å². The Kier molecular flexibility index (Phi) is 26.3. The Morgan fingerprint density at radius 2 is 0.846 bits per heavy atom. The van der Waals surface area contributed by atoms with Crippen molar-refractivity contribution >= 4 is 0 Å². The maximum Gasteiger partial charge on any atom is 0.0675 e. The standard InChI is InChI=1S/C4H12N.C3H9N.C3H8.ClH/c1-5(2,3)4;1-4(2)3;1-3-2;/h1-4H3;1-3H3;3H2,1-2H3;1H/q+1;;;/p-1. The first-order valence-corrected chi connectivity index (χ1v) is 4.54. The van der Waals surface area contributed by atoms with Crippen LogP contribution in [0, 0.1) is 0 Å². The zero-order valence-corrected chi connectivity index (χ0v) is 11.7. The number of halogens is 1. The summed E-state index contributed by atoms with van der Waals surface area (Å²) in [4.78, 5) is 2.00. The van der Waals surface area contributed by atoms with E-state index in [0.29, 0.717) is 0 Å². The van der Waals surface area contributed by atoms with Crippen molar-refractivity contribution in [3.05, 3.63) is 0 Å². The van der Waals surface area contributed by atoms with Crippen LogP contribution in [-0.2, 0) is 0 Å². The molecule has 0 amide bonds. The highest BCUT2D eigenvalue weighted by Gasteiger charge is 1.88. The number of hydrogen-bond donors (Lipinski definition) is 0. The van der Waals surface area contributed by atoms with Crippen molar-refractivity contribution in [2.45, 2.75) is 20.3 Å². The molecule has 13 heavy (non-hydrogen) atoms. The molecule has 0 unspecified atom stereocenters. The Morgan fingerprint density at radius 1 is 0.846 bits per heavy atom. The van der Waals surface area contributed by atoms with Crippen LogP contribution >= 0.6 is 0 Å². The molecule has 0 atom stereocenters. The highest BCUT2D eigenvalue weighted by atomic mass is 35.5. The Bertz CT molecular complexity index is 59.1. The van der Waals surface area contributed by atoms with Gasteiger partial charge in [0, 0.05) is 0 Å². The fourth-order valence-corrected chi connectivity index (χ4v) is 0. The predicted octanol–water partition coefficient (Wildman–Crippen LogP) is -1.08. The number of quaternary nitrogens is 1. The smallest absolute Gasteiger partial charge is 0.0675 e. The molecule has 0 bridgehead atoms. The SMILES string of the molecule is CCC.CN(C)C.C[N+](C)(C)C.[Cl-]. The lowest BCUT2D eigenvalue weighted by molar-refractivity contribution is -0.849. The predicted molar refractivity (Wildman–Crippen MR) is 59.5 cm³/mol. The summed E-state index contributed by atoms with van der Waals surface area (Å²) in [6.07, 6.45) is 1.25. The summed E-state index contributed by atoms with van der Waals surface area (Å²) in [6, 6.07) is 0. The number of rotatable bonds is 0. The van der Waals surface area contributed by atoms with Gasteiger partial charge in [0.05, 0.1) is 28.2 Å². The highest BCUT2D eigenvalue weighted by Crippen LogP contribution is 1.73. The normalized spacial score (nSPS) is 8.77. The molecule has 0 aromatic rings. The second-order valence-electron chi connectivity index (χ2n) is 4.73. The first kappa shape index (κ1) is 23.2. The van der Waals surface area contributed by atoms with Gasteiger partial charge in [-0.05, 0) is 21.1 Å². The maximum atomic E-state index is 2.12. The van der Waals surface area contributed by atoms with E-state index in [0.717, 1.165) is 4.48 Å². The van der Waals surface area contributed by atoms with Gasteiger partial charge in [0.1, 0.15) is 0 Å². The van der Waals surface area contributed by atoms with E-state index in [4.69, 9.17) is 0 Å². The van der Waals surface area contributed by atoms with Crippen molar-refractivity contribution < 1.29 is 16.9 Å². The summed E-state index contributed by atoms with van der Waals surface area (Å²) < 4.78 is 1.00. The molecule has 0 N–H and O–H groups in total. The summed E-state index contributed by atoms with van der Waals surface area (Å²) in [5.41, 5.74) is 0. The summed E-state index contributed by atoms with van der Waals surface area (Å²) >= 11 is 0. The van der Waals surface area contributed by atoms with E-state index in [1.165, 1.54) is 6.42 Å². The number of nitrogens with zero attached hydrogens (tertiary/aromatic N) is 2. The van der Waals surface area contributed by atoms with Crippen LogP contribution in [0.3, 0.4) is 0 Å². The van der Waals surface area contributed by atoms with Gasteiger partial charge in [-0.25, -0.2) is 0 Å². The van der Waals surface area contributed by atoms with Gasteiger partial charge in [0.25, 0.3) is 0 Å².